The van der Waals surface area contributed by atoms with Gasteiger partial charge in [-0.15, -0.1) is 0 Å². The number of carbonyl (C=O) groups excluding carboxylic acids is 3. The van der Waals surface area contributed by atoms with E-state index in [0.29, 0.717) is 25.3 Å². The van der Waals surface area contributed by atoms with Gasteiger partial charge in [-0.25, -0.2) is 0 Å². The summed E-state index contributed by atoms with van der Waals surface area (Å²) in [6.07, 6.45) is 6.19. The van der Waals surface area contributed by atoms with Crippen molar-refractivity contribution in [2.24, 2.45) is 5.92 Å². The van der Waals surface area contributed by atoms with Gasteiger partial charge in [-0.2, -0.15) is 5.10 Å². The fourth-order valence-corrected chi connectivity index (χ4v) is 4.79. The van der Waals surface area contributed by atoms with Crippen molar-refractivity contribution < 1.29 is 14.4 Å². The van der Waals surface area contributed by atoms with Crippen LogP contribution in [0.5, 0.6) is 0 Å². The number of rotatable bonds is 7. The SMILES string of the molecule is CC(C)C(NC(=O)c1cc2n(n1)CCCN(Cc1ccccc1)C2=O)C(=O)NC1CCCCC1. The highest BCUT2D eigenvalue weighted by atomic mass is 16.2. The Kier molecular flexibility index (Phi) is 7.65. The lowest BCUT2D eigenvalue weighted by atomic mass is 9.94. The van der Waals surface area contributed by atoms with Crippen LogP contribution < -0.4 is 10.6 Å². The molecule has 0 saturated heterocycles. The minimum absolute atomic E-state index is 0.0732. The van der Waals surface area contributed by atoms with Crippen LogP contribution in [0.15, 0.2) is 36.4 Å². The summed E-state index contributed by atoms with van der Waals surface area (Å²) >= 11 is 0. The van der Waals surface area contributed by atoms with Crippen LogP contribution in [-0.4, -0.2) is 51.0 Å². The minimum atomic E-state index is -0.652. The Hall–Kier alpha value is -3.16. The maximum absolute atomic E-state index is 13.2. The molecular weight excluding hydrogens is 430 g/mol. The van der Waals surface area contributed by atoms with E-state index >= 15 is 0 Å². The second-order valence-corrected chi connectivity index (χ2v) is 9.74. The van der Waals surface area contributed by atoms with E-state index in [2.05, 4.69) is 15.7 Å². The third-order valence-electron chi connectivity index (χ3n) is 6.72. The molecule has 1 saturated carbocycles. The molecule has 0 radical (unpaired) electrons. The first kappa shape index (κ1) is 24.0. The zero-order valence-electron chi connectivity index (χ0n) is 20.1. The molecule has 1 aliphatic carbocycles. The average molecular weight is 466 g/mol. The highest BCUT2D eigenvalue weighted by molar-refractivity contribution is 5.99. The fourth-order valence-electron chi connectivity index (χ4n) is 4.79. The van der Waals surface area contributed by atoms with Crippen molar-refractivity contribution in [1.29, 1.82) is 0 Å². The Morgan fingerprint density at radius 3 is 2.50 bits per heavy atom. The van der Waals surface area contributed by atoms with Crippen LogP contribution >= 0.6 is 0 Å². The van der Waals surface area contributed by atoms with E-state index in [0.717, 1.165) is 37.7 Å². The predicted molar refractivity (Wildman–Crippen MR) is 129 cm³/mol. The van der Waals surface area contributed by atoms with Crippen LogP contribution in [-0.2, 0) is 17.9 Å². The van der Waals surface area contributed by atoms with Crippen LogP contribution in [0, 0.1) is 5.92 Å². The van der Waals surface area contributed by atoms with Gasteiger partial charge < -0.3 is 15.5 Å². The van der Waals surface area contributed by atoms with Gasteiger partial charge in [-0.05, 0) is 30.7 Å². The van der Waals surface area contributed by atoms with E-state index in [9.17, 15) is 14.4 Å². The van der Waals surface area contributed by atoms with Gasteiger partial charge in [0.2, 0.25) is 5.91 Å². The molecule has 182 valence electrons. The summed E-state index contributed by atoms with van der Waals surface area (Å²) in [6.45, 7) is 5.55. The number of hydrogen-bond donors (Lipinski definition) is 2. The van der Waals surface area contributed by atoms with Gasteiger partial charge in [-0.1, -0.05) is 63.4 Å². The van der Waals surface area contributed by atoms with E-state index in [1.54, 1.807) is 15.6 Å². The quantitative estimate of drug-likeness (QED) is 0.657. The first-order valence-corrected chi connectivity index (χ1v) is 12.4. The van der Waals surface area contributed by atoms with Gasteiger partial charge in [-0.3, -0.25) is 19.1 Å². The van der Waals surface area contributed by atoms with Crippen molar-refractivity contribution in [2.45, 2.75) is 77.5 Å². The molecule has 1 atom stereocenters. The second kappa shape index (κ2) is 10.8. The fraction of sp³-hybridized carbons (Fsp3) is 0.538. The topological polar surface area (TPSA) is 96.3 Å². The number of aromatic nitrogens is 2. The first-order chi connectivity index (χ1) is 16.4. The van der Waals surface area contributed by atoms with Crippen molar-refractivity contribution >= 4 is 17.7 Å². The zero-order valence-corrected chi connectivity index (χ0v) is 20.1. The molecule has 4 rings (SSSR count). The summed E-state index contributed by atoms with van der Waals surface area (Å²) in [4.78, 5) is 41.0. The van der Waals surface area contributed by atoms with Gasteiger partial charge in [0.05, 0.1) is 0 Å². The molecule has 2 aromatic rings. The van der Waals surface area contributed by atoms with Gasteiger partial charge in [0.15, 0.2) is 5.69 Å². The number of carbonyl (C=O) groups is 3. The maximum Gasteiger partial charge on any atom is 0.272 e. The van der Waals surface area contributed by atoms with Crippen molar-refractivity contribution in [3.63, 3.8) is 0 Å². The van der Waals surface area contributed by atoms with Gasteiger partial charge in [0.25, 0.3) is 11.8 Å². The minimum Gasteiger partial charge on any atom is -0.352 e. The average Bonchev–Trinajstić information content (AvgIpc) is 3.21. The largest absolute Gasteiger partial charge is 0.352 e. The molecule has 1 aromatic carbocycles. The molecular formula is C26H35N5O3. The van der Waals surface area contributed by atoms with Crippen molar-refractivity contribution in [3.05, 3.63) is 53.3 Å². The molecule has 34 heavy (non-hydrogen) atoms. The van der Waals surface area contributed by atoms with Crippen LogP contribution in [0.25, 0.3) is 0 Å². The molecule has 2 aliphatic rings. The van der Waals surface area contributed by atoms with Crippen LogP contribution in [0.3, 0.4) is 0 Å². The summed E-state index contributed by atoms with van der Waals surface area (Å²) in [5.74, 6) is -0.791. The Morgan fingerprint density at radius 1 is 1.06 bits per heavy atom. The Bertz CT molecular complexity index is 1010. The van der Waals surface area contributed by atoms with Gasteiger partial charge in [0, 0.05) is 31.7 Å². The number of hydrogen-bond acceptors (Lipinski definition) is 4. The number of aryl methyl sites for hydroxylation is 1. The standard InChI is InChI=1S/C26H35N5O3/c1-18(2)23(25(33)27-20-12-7-4-8-13-20)28-24(32)21-16-22-26(34)30(14-9-15-31(22)29-21)17-19-10-5-3-6-11-19/h3,5-6,10-11,16,18,20,23H,4,7-9,12-15,17H2,1-2H3,(H,27,33)(H,28,32). The lowest BCUT2D eigenvalue weighted by molar-refractivity contribution is -0.124. The molecule has 1 fully saturated rings. The zero-order chi connectivity index (χ0) is 24.1. The molecule has 0 bridgehead atoms. The molecule has 2 N–H and O–H groups in total. The van der Waals surface area contributed by atoms with Crippen LogP contribution in [0.1, 0.15) is 78.9 Å². The monoisotopic (exact) mass is 465 g/mol. The third-order valence-corrected chi connectivity index (χ3v) is 6.72. The lowest BCUT2D eigenvalue weighted by Gasteiger charge is -2.27. The van der Waals surface area contributed by atoms with E-state index in [-0.39, 0.29) is 29.5 Å². The lowest BCUT2D eigenvalue weighted by Crippen LogP contribution is -2.52. The summed E-state index contributed by atoms with van der Waals surface area (Å²) in [6, 6.07) is 10.9. The van der Waals surface area contributed by atoms with Crippen LogP contribution in [0.2, 0.25) is 0 Å². The Labute approximate surface area is 201 Å². The van der Waals surface area contributed by atoms with Gasteiger partial charge >= 0.3 is 0 Å². The van der Waals surface area contributed by atoms with Crippen molar-refractivity contribution in [1.82, 2.24) is 25.3 Å². The summed E-state index contributed by atoms with van der Waals surface area (Å²) in [5.41, 5.74) is 1.64. The number of amides is 3. The Balaban J connectivity index is 1.44. The van der Waals surface area contributed by atoms with E-state index in [1.165, 1.54) is 6.42 Å². The summed E-state index contributed by atoms with van der Waals surface area (Å²) in [5, 5.41) is 10.4. The molecule has 2 heterocycles. The smallest absolute Gasteiger partial charge is 0.272 e. The molecule has 1 aliphatic heterocycles. The van der Waals surface area contributed by atoms with Crippen LogP contribution in [0.4, 0.5) is 0 Å². The highest BCUT2D eigenvalue weighted by Crippen LogP contribution is 2.19. The number of nitrogens with zero attached hydrogens (tertiary/aromatic N) is 3. The molecule has 8 heteroatoms. The summed E-state index contributed by atoms with van der Waals surface area (Å²) < 4.78 is 1.62. The number of nitrogens with one attached hydrogen (secondary N) is 2. The van der Waals surface area contributed by atoms with E-state index in [1.807, 2.05) is 44.2 Å². The van der Waals surface area contributed by atoms with Gasteiger partial charge in [0.1, 0.15) is 11.7 Å². The molecule has 0 spiro atoms. The van der Waals surface area contributed by atoms with E-state index in [4.69, 9.17) is 0 Å². The molecule has 3 amide bonds. The third kappa shape index (κ3) is 5.66. The first-order valence-electron chi connectivity index (χ1n) is 12.4. The van der Waals surface area contributed by atoms with E-state index < -0.39 is 11.9 Å². The highest BCUT2D eigenvalue weighted by Gasteiger charge is 2.30. The maximum atomic E-state index is 13.2. The molecule has 1 unspecified atom stereocenters. The molecule has 8 nitrogen and oxygen atoms in total. The van der Waals surface area contributed by atoms with Crippen molar-refractivity contribution in [3.8, 4) is 0 Å². The predicted octanol–water partition coefficient (Wildman–Crippen LogP) is 3.13. The molecule has 1 aromatic heterocycles. The normalized spacial score (nSPS) is 17.7. The summed E-state index contributed by atoms with van der Waals surface area (Å²) in [7, 11) is 0. The van der Waals surface area contributed by atoms with Crippen molar-refractivity contribution in [2.75, 3.05) is 6.54 Å². The number of benzene rings is 1. The second-order valence-electron chi connectivity index (χ2n) is 9.74. The number of fused-ring (bicyclic) bond motifs is 1. The Morgan fingerprint density at radius 2 is 1.79 bits per heavy atom.